The number of phenolic OH excluding ortho intramolecular Hbond substituents is 1. The molecule has 0 saturated heterocycles. The standard InChI is InChI=1S/C23H21N3O5S/c1-3-10-26-22(29)20(21(28)25-23(26)30)15-12-19(13-8-9-17(31-2)16(27)11-13)32-18-7-5-4-6-14(18)24-15/h3-9,11,19,27,29H,1,10,12H2,2H3,(H,25,28,30)/t19-/m0/s1. The number of nitrogens with one attached hydrogen (secondary N) is 1. The Balaban J connectivity index is 1.89. The second-order valence-electron chi connectivity index (χ2n) is 7.13. The number of allylic oxidation sites excluding steroid dienone is 1. The lowest BCUT2D eigenvalue weighted by Gasteiger charge is -2.18. The molecule has 0 saturated carbocycles. The van der Waals surface area contributed by atoms with E-state index in [0.717, 1.165) is 15.0 Å². The van der Waals surface area contributed by atoms with E-state index < -0.39 is 17.1 Å². The Labute approximate surface area is 187 Å². The lowest BCUT2D eigenvalue weighted by molar-refractivity contribution is 0.373. The molecule has 1 aromatic heterocycles. The molecule has 1 aliphatic rings. The number of aromatic hydroxyl groups is 2. The fraction of sp³-hybridized carbons (Fsp3) is 0.174. The van der Waals surface area contributed by atoms with E-state index in [-0.39, 0.29) is 29.5 Å². The molecule has 0 aliphatic carbocycles. The lowest BCUT2D eigenvalue weighted by Crippen LogP contribution is -2.34. The number of para-hydroxylation sites is 1. The summed E-state index contributed by atoms with van der Waals surface area (Å²) in [5.74, 6) is -0.104. The van der Waals surface area contributed by atoms with Crippen LogP contribution in [0, 0.1) is 0 Å². The van der Waals surface area contributed by atoms with Gasteiger partial charge in [0, 0.05) is 23.1 Å². The minimum Gasteiger partial charge on any atom is -0.504 e. The highest BCUT2D eigenvalue weighted by Gasteiger charge is 2.27. The number of nitrogens with zero attached hydrogens (tertiary/aromatic N) is 2. The summed E-state index contributed by atoms with van der Waals surface area (Å²) >= 11 is 1.54. The highest BCUT2D eigenvalue weighted by atomic mass is 32.2. The van der Waals surface area contributed by atoms with Gasteiger partial charge in [-0.3, -0.25) is 19.3 Å². The number of fused-ring (bicyclic) bond motifs is 1. The zero-order valence-corrected chi connectivity index (χ0v) is 18.1. The van der Waals surface area contributed by atoms with Crippen LogP contribution >= 0.6 is 11.8 Å². The SMILES string of the molecule is C=CCn1c(O)c(C2=Nc3ccccc3S[C@H](c3ccc(OC)c(O)c3)C2)c(=O)[nH]c1=O. The summed E-state index contributed by atoms with van der Waals surface area (Å²) in [7, 11) is 1.48. The largest absolute Gasteiger partial charge is 0.504 e. The van der Waals surface area contributed by atoms with E-state index >= 15 is 0 Å². The summed E-state index contributed by atoms with van der Waals surface area (Å²) in [6, 6.07) is 12.6. The zero-order chi connectivity index (χ0) is 22.8. The minimum absolute atomic E-state index is 0.00171. The molecule has 1 atom stereocenters. The van der Waals surface area contributed by atoms with Crippen molar-refractivity contribution in [2.75, 3.05) is 7.11 Å². The number of thioether (sulfide) groups is 1. The lowest BCUT2D eigenvalue weighted by atomic mass is 10.0. The number of hydrogen-bond donors (Lipinski definition) is 3. The van der Waals surface area contributed by atoms with Gasteiger partial charge in [0.15, 0.2) is 11.5 Å². The number of rotatable bonds is 5. The van der Waals surface area contributed by atoms with Crippen molar-refractivity contribution in [1.29, 1.82) is 0 Å². The maximum atomic E-state index is 12.7. The molecule has 0 radical (unpaired) electrons. The Morgan fingerprint density at radius 3 is 2.78 bits per heavy atom. The van der Waals surface area contributed by atoms with Crippen LogP contribution in [0.5, 0.6) is 17.4 Å². The summed E-state index contributed by atoms with van der Waals surface area (Å²) < 4.78 is 6.17. The van der Waals surface area contributed by atoms with Crippen LogP contribution in [0.15, 0.2) is 74.6 Å². The van der Waals surface area contributed by atoms with Gasteiger partial charge in [-0.1, -0.05) is 24.3 Å². The Kier molecular flexibility index (Phi) is 5.91. The van der Waals surface area contributed by atoms with E-state index in [4.69, 9.17) is 4.74 Å². The summed E-state index contributed by atoms with van der Waals surface area (Å²) in [5.41, 5.74) is 0.274. The molecule has 8 nitrogen and oxygen atoms in total. The number of aromatic amines is 1. The van der Waals surface area contributed by atoms with Crippen molar-refractivity contribution in [2.45, 2.75) is 23.1 Å². The normalized spacial score (nSPS) is 15.4. The molecule has 2 heterocycles. The molecule has 3 aromatic rings. The zero-order valence-electron chi connectivity index (χ0n) is 17.2. The number of hydrogen-bond acceptors (Lipinski definition) is 7. The highest BCUT2D eigenvalue weighted by Crippen LogP contribution is 2.46. The number of H-pyrrole nitrogens is 1. The number of phenols is 1. The van der Waals surface area contributed by atoms with Crippen LogP contribution in [0.2, 0.25) is 0 Å². The van der Waals surface area contributed by atoms with Crippen LogP contribution in [0.1, 0.15) is 22.8 Å². The third-order valence-electron chi connectivity index (χ3n) is 5.12. The predicted molar refractivity (Wildman–Crippen MR) is 124 cm³/mol. The minimum atomic E-state index is -0.725. The summed E-state index contributed by atoms with van der Waals surface area (Å²) in [5, 5.41) is 20.8. The van der Waals surface area contributed by atoms with Crippen molar-refractivity contribution in [3.63, 3.8) is 0 Å². The first-order valence-corrected chi connectivity index (χ1v) is 10.7. The van der Waals surface area contributed by atoms with Gasteiger partial charge >= 0.3 is 5.69 Å². The van der Waals surface area contributed by atoms with E-state index in [9.17, 15) is 19.8 Å². The molecular weight excluding hydrogens is 430 g/mol. The third-order valence-corrected chi connectivity index (χ3v) is 6.44. The van der Waals surface area contributed by atoms with Gasteiger partial charge in [-0.25, -0.2) is 4.79 Å². The molecule has 4 rings (SSSR count). The van der Waals surface area contributed by atoms with Gasteiger partial charge in [-0.2, -0.15) is 0 Å². The van der Waals surface area contributed by atoms with Crippen molar-refractivity contribution in [2.24, 2.45) is 4.99 Å². The molecule has 164 valence electrons. The molecule has 3 N–H and O–H groups in total. The first-order valence-electron chi connectivity index (χ1n) is 9.80. The maximum Gasteiger partial charge on any atom is 0.331 e. The number of benzene rings is 2. The molecule has 0 fully saturated rings. The van der Waals surface area contributed by atoms with Gasteiger partial charge in [-0.15, -0.1) is 18.3 Å². The molecule has 0 amide bonds. The van der Waals surface area contributed by atoms with Gasteiger partial charge in [0.2, 0.25) is 5.88 Å². The molecular formula is C23H21N3O5S. The number of methoxy groups -OCH3 is 1. The van der Waals surface area contributed by atoms with Crippen LogP contribution in [-0.4, -0.2) is 32.6 Å². The van der Waals surface area contributed by atoms with E-state index in [1.165, 1.54) is 24.9 Å². The molecule has 0 unspecified atom stereocenters. The average Bonchev–Trinajstić information content (AvgIpc) is 2.96. The quantitative estimate of drug-likeness (QED) is 0.511. The predicted octanol–water partition coefficient (Wildman–Crippen LogP) is 3.50. The van der Waals surface area contributed by atoms with Crippen LogP contribution in [0.4, 0.5) is 5.69 Å². The van der Waals surface area contributed by atoms with Gasteiger partial charge < -0.3 is 14.9 Å². The van der Waals surface area contributed by atoms with Crippen LogP contribution in [-0.2, 0) is 6.54 Å². The van der Waals surface area contributed by atoms with Gasteiger partial charge in [0.1, 0.15) is 5.56 Å². The first-order chi connectivity index (χ1) is 15.4. The molecule has 1 aliphatic heterocycles. The topological polar surface area (TPSA) is 117 Å². The van der Waals surface area contributed by atoms with E-state index in [0.29, 0.717) is 17.1 Å². The molecule has 9 heteroatoms. The Hall–Kier alpha value is -3.72. The Bertz CT molecular complexity index is 1340. The number of aromatic nitrogens is 2. The molecule has 2 aromatic carbocycles. The van der Waals surface area contributed by atoms with Crippen molar-refractivity contribution in [3.8, 4) is 17.4 Å². The molecule has 0 bridgehead atoms. The summed E-state index contributed by atoms with van der Waals surface area (Å²) in [6.07, 6.45) is 1.72. The van der Waals surface area contributed by atoms with E-state index in [2.05, 4.69) is 16.6 Å². The smallest absolute Gasteiger partial charge is 0.331 e. The fourth-order valence-corrected chi connectivity index (χ4v) is 4.80. The van der Waals surface area contributed by atoms with Gasteiger partial charge in [0.05, 0.1) is 18.5 Å². The average molecular weight is 452 g/mol. The third kappa shape index (κ3) is 3.94. The monoisotopic (exact) mass is 451 g/mol. The van der Waals surface area contributed by atoms with Crippen molar-refractivity contribution >= 4 is 23.2 Å². The molecule has 32 heavy (non-hydrogen) atoms. The maximum absolute atomic E-state index is 12.7. The summed E-state index contributed by atoms with van der Waals surface area (Å²) in [6.45, 7) is 3.62. The highest BCUT2D eigenvalue weighted by molar-refractivity contribution is 7.99. The second-order valence-corrected chi connectivity index (χ2v) is 8.37. The Morgan fingerprint density at radius 2 is 2.06 bits per heavy atom. The second kappa shape index (κ2) is 8.80. The van der Waals surface area contributed by atoms with Crippen LogP contribution in [0.3, 0.4) is 0 Å². The van der Waals surface area contributed by atoms with Crippen molar-refractivity contribution in [3.05, 3.63) is 87.1 Å². The summed E-state index contributed by atoms with van der Waals surface area (Å²) in [4.78, 5) is 32.7. The van der Waals surface area contributed by atoms with Crippen LogP contribution in [0.25, 0.3) is 0 Å². The Morgan fingerprint density at radius 1 is 1.28 bits per heavy atom. The van der Waals surface area contributed by atoms with Gasteiger partial charge in [0.25, 0.3) is 5.56 Å². The van der Waals surface area contributed by atoms with Crippen molar-refractivity contribution < 1.29 is 14.9 Å². The van der Waals surface area contributed by atoms with Crippen molar-refractivity contribution in [1.82, 2.24) is 9.55 Å². The first kappa shape index (κ1) is 21.5. The number of ether oxygens (including phenoxy) is 1. The van der Waals surface area contributed by atoms with E-state index in [1.807, 2.05) is 30.3 Å². The number of aliphatic imine (C=N–C) groups is 1. The fourth-order valence-electron chi connectivity index (χ4n) is 3.58. The molecule has 0 spiro atoms. The van der Waals surface area contributed by atoms with E-state index in [1.54, 1.807) is 12.1 Å². The van der Waals surface area contributed by atoms with Gasteiger partial charge in [-0.05, 0) is 29.8 Å². The van der Waals surface area contributed by atoms with Crippen LogP contribution < -0.4 is 16.0 Å².